The molecule has 0 aromatic heterocycles. The van der Waals surface area contributed by atoms with Gasteiger partial charge in [0.05, 0.1) is 33.0 Å². The molecule has 0 unspecified atom stereocenters. The molecule has 0 aliphatic carbocycles. The van der Waals surface area contributed by atoms with Crippen LogP contribution in [-0.4, -0.2) is 277 Å². The molecule has 3 amide bonds. The molecule has 0 saturated carbocycles. The summed E-state index contributed by atoms with van der Waals surface area (Å²) in [5.41, 5.74) is 0. The third kappa shape index (κ3) is 15.4. The summed E-state index contributed by atoms with van der Waals surface area (Å²) < 4.78 is 59.0. The molecule has 0 aromatic rings. The second-order valence-electron chi connectivity index (χ2n) is 18.8. The van der Waals surface area contributed by atoms with E-state index in [4.69, 9.17) is 47.4 Å². The summed E-state index contributed by atoms with van der Waals surface area (Å²) in [6.45, 7) is 1.39. The highest BCUT2D eigenvalue weighted by atomic mass is 16.8. The first-order valence-electron chi connectivity index (χ1n) is 24.6. The lowest BCUT2D eigenvalue weighted by Gasteiger charge is -2.49. The summed E-state index contributed by atoms with van der Waals surface area (Å²) in [6.07, 6.45) is -32.5. The number of carbonyl (C=O) groups excluding carboxylic acids is 3. The topological polar surface area (TPSA) is 443 Å². The number of ether oxygens (including phenoxy) is 10. The van der Waals surface area contributed by atoms with Crippen molar-refractivity contribution in [3.8, 4) is 0 Å². The smallest absolute Gasteiger partial charge is 0.217 e. The Kier molecular flexibility index (Phi) is 24.2. The van der Waals surface area contributed by atoms with Crippen LogP contribution in [0.15, 0.2) is 0 Å². The van der Waals surface area contributed by atoms with Crippen LogP contribution in [0.25, 0.3) is 0 Å². The fourth-order valence-electron chi connectivity index (χ4n) is 9.35. The molecule has 29 nitrogen and oxygen atoms in total. The number of aliphatic hydroxyl groups excluding tert-OH is 13. The first kappa shape index (κ1) is 61.3. The van der Waals surface area contributed by atoms with Gasteiger partial charge in [-0.15, -0.1) is 0 Å². The van der Waals surface area contributed by atoms with Gasteiger partial charge in [-0.2, -0.15) is 0 Å². The largest absolute Gasteiger partial charge is 0.394 e. The molecule has 29 heteroatoms. The van der Waals surface area contributed by atoms with E-state index >= 15 is 0 Å². The molecule has 0 aromatic carbocycles. The van der Waals surface area contributed by atoms with Crippen LogP contribution in [0.2, 0.25) is 0 Å². The van der Waals surface area contributed by atoms with E-state index in [-0.39, 0.29) is 6.61 Å². The van der Waals surface area contributed by atoms with E-state index in [0.717, 1.165) is 46.0 Å². The van der Waals surface area contributed by atoms with Gasteiger partial charge in [-0.25, -0.2) is 0 Å². The average molecular weight is 1060 g/mol. The Morgan fingerprint density at radius 1 is 0.397 bits per heavy atom. The van der Waals surface area contributed by atoms with Crippen molar-refractivity contribution in [2.24, 2.45) is 0 Å². The number of hydrogen-bond donors (Lipinski definition) is 16. The van der Waals surface area contributed by atoms with Crippen molar-refractivity contribution in [2.75, 3.05) is 39.6 Å². The minimum absolute atomic E-state index is 0.1000. The lowest BCUT2D eigenvalue weighted by Crippen LogP contribution is -2.69. The van der Waals surface area contributed by atoms with Crippen molar-refractivity contribution in [1.82, 2.24) is 16.0 Å². The second kappa shape index (κ2) is 28.7. The van der Waals surface area contributed by atoms with Gasteiger partial charge in [0.25, 0.3) is 0 Å². The zero-order chi connectivity index (χ0) is 53.8. The Hall–Kier alpha value is -2.51. The Balaban J connectivity index is 1.34. The van der Waals surface area contributed by atoms with E-state index in [1.807, 2.05) is 0 Å². The molecule has 0 bridgehead atoms. The van der Waals surface area contributed by atoms with Crippen LogP contribution in [0.3, 0.4) is 0 Å². The minimum atomic E-state index is -2.08. The zero-order valence-corrected chi connectivity index (χ0v) is 41.0. The van der Waals surface area contributed by atoms with Crippen LogP contribution in [0.5, 0.6) is 0 Å². The molecular weight excluding hydrogens is 986 g/mol. The molecule has 5 aliphatic rings. The molecule has 0 radical (unpaired) electrons. The van der Waals surface area contributed by atoms with Crippen molar-refractivity contribution in [3.05, 3.63) is 0 Å². The highest BCUT2D eigenvalue weighted by molar-refractivity contribution is 5.74. The lowest BCUT2D eigenvalue weighted by atomic mass is 9.94. The molecule has 5 heterocycles. The lowest BCUT2D eigenvalue weighted by molar-refractivity contribution is -0.370. The zero-order valence-electron chi connectivity index (χ0n) is 41.0. The normalized spacial score (nSPS) is 43.3. The Morgan fingerprint density at radius 3 is 1.37 bits per heavy atom. The maximum atomic E-state index is 12.6. The van der Waals surface area contributed by atoms with Gasteiger partial charge in [-0.3, -0.25) is 14.4 Å². The third-order valence-electron chi connectivity index (χ3n) is 13.3. The standard InChI is InChI=1S/C44H77N3O26/c1-5-6-7-8-9-10-11-64-41-27(47-19(4)54)39(73-43-35(62)33(60)29(56)21(13-49)67-43)30(57)24(70-41)16-65-40-26(46-18(3)53)32(59)37(22(14-50)68-40)72-44-36(63)34(61)38(23(15-51)69-44)71-42-25(45-17(2)52)31(58)28(55)20(12-48)66-42/h20-44,48-51,55-63H,5-16H2,1-4H3,(H,45,52)(H,46,53)(H,47,54)/t20-,21-,22-,23-,24-,25-,26-,27-,28-,29+,30+,31-,32-,33+,34-,35-,36-,37-,38+,39-,40-,41+,42-,43+,44+/m1/s1. The van der Waals surface area contributed by atoms with Gasteiger partial charge in [0.1, 0.15) is 122 Å². The van der Waals surface area contributed by atoms with Crippen molar-refractivity contribution < 1.29 is 128 Å². The number of carbonyl (C=O) groups is 3. The number of nitrogens with one attached hydrogen (secondary N) is 3. The Labute approximate surface area is 420 Å². The van der Waals surface area contributed by atoms with Gasteiger partial charge in [-0.05, 0) is 6.42 Å². The number of hydrogen-bond acceptors (Lipinski definition) is 26. The van der Waals surface area contributed by atoms with Crippen LogP contribution in [0.4, 0.5) is 0 Å². The summed E-state index contributed by atoms with van der Waals surface area (Å²) in [4.78, 5) is 37.2. The first-order valence-corrected chi connectivity index (χ1v) is 24.6. The summed E-state index contributed by atoms with van der Waals surface area (Å²) in [7, 11) is 0. The predicted molar refractivity (Wildman–Crippen MR) is 238 cm³/mol. The van der Waals surface area contributed by atoms with Crippen LogP contribution < -0.4 is 16.0 Å². The van der Waals surface area contributed by atoms with Crippen LogP contribution in [0.1, 0.15) is 66.2 Å². The number of unbranched alkanes of at least 4 members (excludes halogenated alkanes) is 5. The quantitative estimate of drug-likeness (QED) is 0.0399. The maximum absolute atomic E-state index is 12.6. The van der Waals surface area contributed by atoms with Gasteiger partial charge >= 0.3 is 0 Å². The number of amides is 3. The summed E-state index contributed by atoms with van der Waals surface area (Å²) in [6, 6.07) is -4.39. The summed E-state index contributed by atoms with van der Waals surface area (Å²) in [5.74, 6) is -2.05. The van der Waals surface area contributed by atoms with Gasteiger partial charge in [0.2, 0.25) is 17.7 Å². The third-order valence-corrected chi connectivity index (χ3v) is 13.3. The Bertz CT molecular complexity index is 1690. The van der Waals surface area contributed by atoms with E-state index in [2.05, 4.69) is 22.9 Å². The molecule has 5 rings (SSSR count). The van der Waals surface area contributed by atoms with Crippen LogP contribution in [0, 0.1) is 0 Å². The second-order valence-corrected chi connectivity index (χ2v) is 18.8. The molecule has 73 heavy (non-hydrogen) atoms. The van der Waals surface area contributed by atoms with E-state index in [0.29, 0.717) is 6.42 Å². The monoisotopic (exact) mass is 1060 g/mol. The van der Waals surface area contributed by atoms with Crippen molar-refractivity contribution in [3.63, 3.8) is 0 Å². The highest BCUT2D eigenvalue weighted by Crippen LogP contribution is 2.35. The van der Waals surface area contributed by atoms with Gasteiger partial charge in [0, 0.05) is 27.4 Å². The fourth-order valence-corrected chi connectivity index (χ4v) is 9.35. The summed E-state index contributed by atoms with van der Waals surface area (Å²) >= 11 is 0. The first-order chi connectivity index (χ1) is 34.7. The van der Waals surface area contributed by atoms with Crippen LogP contribution >= 0.6 is 0 Å². The molecule has 424 valence electrons. The predicted octanol–water partition coefficient (Wildman–Crippen LogP) is -8.11. The molecule has 5 saturated heterocycles. The van der Waals surface area contributed by atoms with E-state index in [9.17, 15) is 80.8 Å². The number of rotatable bonds is 24. The van der Waals surface area contributed by atoms with Crippen molar-refractivity contribution >= 4 is 17.7 Å². The fraction of sp³-hybridized carbons (Fsp3) is 0.932. The molecule has 5 fully saturated rings. The van der Waals surface area contributed by atoms with E-state index in [1.165, 1.54) is 6.92 Å². The van der Waals surface area contributed by atoms with Gasteiger partial charge < -0.3 is 130 Å². The van der Waals surface area contributed by atoms with Gasteiger partial charge in [0.15, 0.2) is 31.5 Å². The molecular formula is C44H77N3O26. The highest BCUT2D eigenvalue weighted by Gasteiger charge is 2.56. The summed E-state index contributed by atoms with van der Waals surface area (Å²) in [5, 5.41) is 147. The van der Waals surface area contributed by atoms with E-state index in [1.54, 1.807) is 0 Å². The molecule has 16 N–H and O–H groups in total. The molecule has 5 aliphatic heterocycles. The molecule has 0 spiro atoms. The molecule has 25 atom stereocenters. The minimum Gasteiger partial charge on any atom is -0.394 e. The van der Waals surface area contributed by atoms with Crippen molar-refractivity contribution in [2.45, 2.75) is 220 Å². The SMILES string of the molecule is CCCCCCCCO[C@H]1O[C@H](CO[C@@H]2O[C@H](CO)[C@@H](O[C@@H]3O[C@H](CO)[C@H](O[C@H]4O[C@H](CO)[C@@H](O)[C@H](O)[C@H]4NC(C)=O)[C@H](O)[C@H]3O)[C@H](O)[C@H]2NC(C)=O)[C@H](O)[C@H](O[C@@H]2O[C@H](CO)[C@H](O)[C@H](O)[C@H]2O)[C@H]1NC(C)=O. The maximum Gasteiger partial charge on any atom is 0.217 e. The van der Waals surface area contributed by atoms with E-state index < -0.39 is 204 Å². The average Bonchev–Trinajstić information content (AvgIpc) is 3.35. The van der Waals surface area contributed by atoms with Crippen molar-refractivity contribution in [1.29, 1.82) is 0 Å². The van der Waals surface area contributed by atoms with Crippen LogP contribution in [-0.2, 0) is 61.8 Å². The Morgan fingerprint density at radius 2 is 0.808 bits per heavy atom. The number of aliphatic hydroxyl groups is 13. The van der Waals surface area contributed by atoms with Gasteiger partial charge in [-0.1, -0.05) is 39.0 Å².